The van der Waals surface area contributed by atoms with Crippen molar-refractivity contribution in [1.29, 1.82) is 0 Å². The molecule has 0 aliphatic heterocycles. The van der Waals surface area contributed by atoms with Gasteiger partial charge in [-0.05, 0) is 18.1 Å². The molecule has 2 atom stereocenters. The zero-order valence-electron chi connectivity index (χ0n) is 11.8. The average Bonchev–Trinajstić information content (AvgIpc) is 2.45. The maximum atomic E-state index is 11.7. The Balaban J connectivity index is 2.37. The number of amides is 2. The largest absolute Gasteiger partial charge is 0.480 e. The standard InChI is InChI=1S/C14H21N3O3/c1-3-10(2)12(13(18)19)17-14(20)16-9-7-11-6-4-5-8-15-11/h4-6,8,10,12H,3,7,9H2,1-2H3,(H,18,19)(H2,16,17,20)/t10?,12-/m0/s1. The monoisotopic (exact) mass is 279 g/mol. The molecular formula is C14H21N3O3. The summed E-state index contributed by atoms with van der Waals surface area (Å²) in [6.45, 7) is 4.10. The van der Waals surface area contributed by atoms with Crippen LogP contribution in [0, 0.1) is 5.92 Å². The van der Waals surface area contributed by atoms with E-state index < -0.39 is 18.0 Å². The van der Waals surface area contributed by atoms with Gasteiger partial charge in [-0.3, -0.25) is 4.98 Å². The van der Waals surface area contributed by atoms with Crippen molar-refractivity contribution < 1.29 is 14.7 Å². The summed E-state index contributed by atoms with van der Waals surface area (Å²) in [5, 5.41) is 14.2. The molecule has 0 aliphatic carbocycles. The lowest BCUT2D eigenvalue weighted by Gasteiger charge is -2.20. The second-order valence-electron chi connectivity index (χ2n) is 4.67. The summed E-state index contributed by atoms with van der Waals surface area (Å²) in [6, 6.07) is 4.25. The summed E-state index contributed by atoms with van der Waals surface area (Å²) >= 11 is 0. The smallest absolute Gasteiger partial charge is 0.326 e. The van der Waals surface area contributed by atoms with E-state index in [-0.39, 0.29) is 5.92 Å². The molecule has 110 valence electrons. The van der Waals surface area contributed by atoms with E-state index in [9.17, 15) is 9.59 Å². The predicted octanol–water partition coefficient (Wildman–Crippen LogP) is 1.42. The van der Waals surface area contributed by atoms with E-state index in [0.717, 1.165) is 5.69 Å². The fourth-order valence-corrected chi connectivity index (χ4v) is 1.73. The van der Waals surface area contributed by atoms with Gasteiger partial charge >= 0.3 is 12.0 Å². The first kappa shape index (κ1) is 15.9. The molecule has 1 unspecified atom stereocenters. The molecule has 0 aromatic carbocycles. The molecule has 0 saturated heterocycles. The first-order valence-corrected chi connectivity index (χ1v) is 6.71. The van der Waals surface area contributed by atoms with E-state index >= 15 is 0 Å². The van der Waals surface area contributed by atoms with Crippen LogP contribution in [0.1, 0.15) is 26.0 Å². The van der Waals surface area contributed by atoms with E-state index in [0.29, 0.717) is 19.4 Å². The molecule has 0 spiro atoms. The van der Waals surface area contributed by atoms with Gasteiger partial charge in [0.25, 0.3) is 0 Å². The SMILES string of the molecule is CCC(C)[C@H](NC(=O)NCCc1ccccn1)C(=O)O. The number of carboxylic acid groups (broad SMARTS) is 1. The van der Waals surface area contributed by atoms with Gasteiger partial charge in [-0.1, -0.05) is 26.3 Å². The highest BCUT2D eigenvalue weighted by Crippen LogP contribution is 2.07. The van der Waals surface area contributed by atoms with Crippen LogP contribution in [0.25, 0.3) is 0 Å². The van der Waals surface area contributed by atoms with Crippen molar-refractivity contribution in [3.8, 4) is 0 Å². The molecule has 0 aliphatic rings. The number of nitrogens with zero attached hydrogens (tertiary/aromatic N) is 1. The summed E-state index contributed by atoms with van der Waals surface area (Å²) < 4.78 is 0. The lowest BCUT2D eigenvalue weighted by molar-refractivity contribution is -0.140. The molecular weight excluding hydrogens is 258 g/mol. The third-order valence-corrected chi connectivity index (χ3v) is 3.16. The van der Waals surface area contributed by atoms with Crippen LogP contribution >= 0.6 is 0 Å². The molecule has 0 fully saturated rings. The highest BCUT2D eigenvalue weighted by atomic mass is 16.4. The van der Waals surface area contributed by atoms with E-state index in [4.69, 9.17) is 5.11 Å². The van der Waals surface area contributed by atoms with Crippen molar-refractivity contribution in [1.82, 2.24) is 15.6 Å². The van der Waals surface area contributed by atoms with Crippen LogP contribution in [0.4, 0.5) is 4.79 Å². The highest BCUT2D eigenvalue weighted by Gasteiger charge is 2.24. The van der Waals surface area contributed by atoms with Crippen molar-refractivity contribution in [3.05, 3.63) is 30.1 Å². The summed E-state index contributed by atoms with van der Waals surface area (Å²) in [6.07, 6.45) is 2.99. The molecule has 1 rings (SSSR count). The fraction of sp³-hybridized carbons (Fsp3) is 0.500. The van der Waals surface area contributed by atoms with E-state index in [1.165, 1.54) is 0 Å². The Morgan fingerprint density at radius 1 is 1.40 bits per heavy atom. The van der Waals surface area contributed by atoms with Gasteiger partial charge in [0.05, 0.1) is 0 Å². The third kappa shape index (κ3) is 5.26. The van der Waals surface area contributed by atoms with Crippen molar-refractivity contribution >= 4 is 12.0 Å². The number of pyridine rings is 1. The van der Waals surface area contributed by atoms with Gasteiger partial charge < -0.3 is 15.7 Å². The van der Waals surface area contributed by atoms with Crippen LogP contribution in [-0.4, -0.2) is 34.7 Å². The van der Waals surface area contributed by atoms with Crippen molar-refractivity contribution in [3.63, 3.8) is 0 Å². The summed E-state index contributed by atoms with van der Waals surface area (Å²) in [5.41, 5.74) is 0.879. The van der Waals surface area contributed by atoms with Crippen LogP contribution in [-0.2, 0) is 11.2 Å². The Hall–Kier alpha value is -2.11. The zero-order chi connectivity index (χ0) is 15.0. The Kier molecular flexibility index (Phi) is 6.49. The Morgan fingerprint density at radius 2 is 2.15 bits per heavy atom. The lowest BCUT2D eigenvalue weighted by atomic mass is 9.99. The Morgan fingerprint density at radius 3 is 2.70 bits per heavy atom. The van der Waals surface area contributed by atoms with E-state index in [2.05, 4.69) is 15.6 Å². The van der Waals surface area contributed by atoms with Gasteiger partial charge in [0.2, 0.25) is 0 Å². The maximum Gasteiger partial charge on any atom is 0.326 e. The number of hydrogen-bond acceptors (Lipinski definition) is 3. The number of aliphatic carboxylic acids is 1. The Labute approximate surface area is 118 Å². The van der Waals surface area contributed by atoms with E-state index in [1.54, 1.807) is 13.1 Å². The molecule has 3 N–H and O–H groups in total. The molecule has 1 aromatic heterocycles. The second kappa shape index (κ2) is 8.14. The Bertz CT molecular complexity index is 437. The minimum atomic E-state index is -1.01. The topological polar surface area (TPSA) is 91.3 Å². The molecule has 0 bridgehead atoms. The minimum Gasteiger partial charge on any atom is -0.480 e. The van der Waals surface area contributed by atoms with Gasteiger partial charge in [-0.15, -0.1) is 0 Å². The zero-order valence-corrected chi connectivity index (χ0v) is 11.8. The van der Waals surface area contributed by atoms with Crippen LogP contribution in [0.5, 0.6) is 0 Å². The summed E-state index contributed by atoms with van der Waals surface area (Å²) in [7, 11) is 0. The number of carbonyl (C=O) groups excluding carboxylic acids is 1. The molecule has 6 nitrogen and oxygen atoms in total. The molecule has 1 aromatic rings. The van der Waals surface area contributed by atoms with Crippen LogP contribution < -0.4 is 10.6 Å². The van der Waals surface area contributed by atoms with Gasteiger partial charge in [0, 0.05) is 24.9 Å². The number of urea groups is 1. The lowest BCUT2D eigenvalue weighted by Crippen LogP contribution is -2.49. The number of carbonyl (C=O) groups is 2. The summed E-state index contributed by atoms with van der Waals surface area (Å²) in [5.74, 6) is -1.13. The maximum absolute atomic E-state index is 11.7. The van der Waals surface area contributed by atoms with Crippen LogP contribution in [0.2, 0.25) is 0 Å². The molecule has 2 amide bonds. The molecule has 0 saturated carbocycles. The van der Waals surface area contributed by atoms with E-state index in [1.807, 2.05) is 25.1 Å². The van der Waals surface area contributed by atoms with Crippen molar-refractivity contribution in [2.45, 2.75) is 32.7 Å². The van der Waals surface area contributed by atoms with Gasteiger partial charge in [0.1, 0.15) is 6.04 Å². The average molecular weight is 279 g/mol. The van der Waals surface area contributed by atoms with Crippen LogP contribution in [0.15, 0.2) is 24.4 Å². The number of rotatable bonds is 7. The normalized spacial score (nSPS) is 13.3. The number of aromatic nitrogens is 1. The van der Waals surface area contributed by atoms with Gasteiger partial charge in [-0.25, -0.2) is 9.59 Å². The van der Waals surface area contributed by atoms with Crippen molar-refractivity contribution in [2.75, 3.05) is 6.54 Å². The van der Waals surface area contributed by atoms with Crippen LogP contribution in [0.3, 0.4) is 0 Å². The number of nitrogens with one attached hydrogen (secondary N) is 2. The molecule has 1 heterocycles. The number of carboxylic acids is 1. The predicted molar refractivity (Wildman–Crippen MR) is 75.4 cm³/mol. The molecule has 20 heavy (non-hydrogen) atoms. The first-order valence-electron chi connectivity index (χ1n) is 6.71. The van der Waals surface area contributed by atoms with Gasteiger partial charge in [-0.2, -0.15) is 0 Å². The highest BCUT2D eigenvalue weighted by molar-refractivity contribution is 5.82. The molecule has 6 heteroatoms. The fourth-order valence-electron chi connectivity index (χ4n) is 1.73. The molecule has 0 radical (unpaired) electrons. The minimum absolute atomic E-state index is 0.117. The van der Waals surface area contributed by atoms with Crippen molar-refractivity contribution in [2.24, 2.45) is 5.92 Å². The third-order valence-electron chi connectivity index (χ3n) is 3.16. The quantitative estimate of drug-likeness (QED) is 0.704. The number of hydrogen-bond donors (Lipinski definition) is 3. The first-order chi connectivity index (χ1) is 9.54. The van der Waals surface area contributed by atoms with Gasteiger partial charge in [0.15, 0.2) is 0 Å². The summed E-state index contributed by atoms with van der Waals surface area (Å²) in [4.78, 5) is 26.9. The second-order valence-corrected chi connectivity index (χ2v) is 4.67.